The number of anilines is 1. The van der Waals surface area contributed by atoms with Crippen LogP contribution in [0.5, 0.6) is 5.75 Å². The minimum absolute atomic E-state index is 0.227. The van der Waals surface area contributed by atoms with Gasteiger partial charge in [-0.2, -0.15) is 5.10 Å². The Morgan fingerprint density at radius 1 is 1.17 bits per heavy atom. The minimum Gasteiger partial charge on any atom is -0.508 e. The van der Waals surface area contributed by atoms with E-state index in [0.717, 1.165) is 15.4 Å². The molecule has 152 valence electrons. The average Bonchev–Trinajstić information content (AvgIpc) is 3.22. The number of hydrogen-bond donors (Lipinski definition) is 3. The molecule has 0 saturated carbocycles. The van der Waals surface area contributed by atoms with Crippen molar-refractivity contribution >= 4 is 35.8 Å². The van der Waals surface area contributed by atoms with Crippen molar-refractivity contribution in [3.63, 3.8) is 0 Å². The number of benzene rings is 1. The Balaban J connectivity index is 1.59. The Labute approximate surface area is 178 Å². The van der Waals surface area contributed by atoms with Gasteiger partial charge in [0.1, 0.15) is 17.1 Å². The van der Waals surface area contributed by atoms with E-state index in [0.29, 0.717) is 35.8 Å². The van der Waals surface area contributed by atoms with Crippen LogP contribution in [0, 0.1) is 0 Å². The number of fused-ring (bicyclic) bond motifs is 1. The number of urea groups is 1. The second kappa shape index (κ2) is 8.37. The van der Waals surface area contributed by atoms with Crippen LogP contribution in [-0.2, 0) is 6.54 Å². The highest BCUT2D eigenvalue weighted by atomic mass is 32.1. The molecule has 1 aromatic carbocycles. The molecular weight excluding hydrogens is 402 g/mol. The molecule has 0 spiro atoms. The Morgan fingerprint density at radius 2 is 1.97 bits per heavy atom. The summed E-state index contributed by atoms with van der Waals surface area (Å²) in [6, 6.07) is 10.0. The summed E-state index contributed by atoms with van der Waals surface area (Å²) in [6.45, 7) is 2.87. The van der Waals surface area contributed by atoms with Crippen molar-refractivity contribution in [3.05, 3.63) is 60.6 Å². The zero-order valence-corrected chi connectivity index (χ0v) is 17.0. The Hall–Kier alpha value is -3.66. The summed E-state index contributed by atoms with van der Waals surface area (Å²) >= 11 is 4.21. The molecule has 0 saturated heterocycles. The number of nitrogens with one attached hydrogen (secondary N) is 1. The minimum atomic E-state index is -0.368. The number of rotatable bonds is 5. The lowest BCUT2D eigenvalue weighted by Crippen LogP contribution is -2.34. The number of pyridine rings is 1. The van der Waals surface area contributed by atoms with Crippen LogP contribution in [0.25, 0.3) is 22.4 Å². The van der Waals surface area contributed by atoms with Gasteiger partial charge in [-0.05, 0) is 36.8 Å². The predicted octanol–water partition coefficient (Wildman–Crippen LogP) is 3.02. The monoisotopic (exact) mass is 421 g/mol. The smallest absolute Gasteiger partial charge is 0.333 e. The largest absolute Gasteiger partial charge is 0.508 e. The van der Waals surface area contributed by atoms with E-state index in [-0.39, 0.29) is 11.8 Å². The maximum atomic E-state index is 12.0. The average molecular weight is 421 g/mol. The summed E-state index contributed by atoms with van der Waals surface area (Å²) in [5.41, 5.74) is 3.43. The lowest BCUT2D eigenvalue weighted by Gasteiger charge is -2.14. The Morgan fingerprint density at radius 3 is 2.73 bits per heavy atom. The highest BCUT2D eigenvalue weighted by molar-refractivity contribution is 7.82. The van der Waals surface area contributed by atoms with Gasteiger partial charge >= 0.3 is 6.03 Å². The quantitative estimate of drug-likeness (QED) is 0.428. The predicted molar refractivity (Wildman–Crippen MR) is 116 cm³/mol. The third-order valence-corrected chi connectivity index (χ3v) is 4.73. The number of carbonyl (C=O) groups excluding carboxylic acids is 1. The number of thiol groups is 1. The molecule has 0 aliphatic heterocycles. The van der Waals surface area contributed by atoms with Crippen LogP contribution in [0.15, 0.2) is 55.0 Å². The van der Waals surface area contributed by atoms with Gasteiger partial charge in [-0.3, -0.25) is 9.67 Å². The molecule has 0 unspecified atom stereocenters. The van der Waals surface area contributed by atoms with Crippen LogP contribution >= 0.6 is 12.8 Å². The van der Waals surface area contributed by atoms with Crippen LogP contribution in [0.4, 0.5) is 10.6 Å². The molecule has 0 aliphatic carbocycles. The zero-order valence-electron chi connectivity index (χ0n) is 16.1. The topological polar surface area (TPSA) is 109 Å². The lowest BCUT2D eigenvalue weighted by atomic mass is 10.2. The molecular formula is C20H19N7O2S. The zero-order chi connectivity index (χ0) is 21.1. The lowest BCUT2D eigenvalue weighted by molar-refractivity contribution is 0.250. The summed E-state index contributed by atoms with van der Waals surface area (Å²) in [7, 11) is 0. The second-order valence-electron chi connectivity index (χ2n) is 6.51. The molecule has 4 rings (SSSR count). The van der Waals surface area contributed by atoms with Crippen LogP contribution < -0.4 is 9.62 Å². The van der Waals surface area contributed by atoms with Crippen molar-refractivity contribution in [1.29, 1.82) is 0 Å². The third-order valence-electron chi connectivity index (χ3n) is 4.34. The highest BCUT2D eigenvalue weighted by Gasteiger charge is 2.14. The van der Waals surface area contributed by atoms with E-state index < -0.39 is 0 Å². The van der Waals surface area contributed by atoms with Crippen molar-refractivity contribution in [2.45, 2.75) is 13.5 Å². The second-order valence-corrected chi connectivity index (χ2v) is 6.91. The van der Waals surface area contributed by atoms with Crippen molar-refractivity contribution in [2.24, 2.45) is 0 Å². The van der Waals surface area contributed by atoms with Crippen molar-refractivity contribution in [2.75, 3.05) is 10.8 Å². The molecule has 4 aromatic rings. The molecule has 3 heterocycles. The van der Waals surface area contributed by atoms with E-state index in [2.05, 4.69) is 38.2 Å². The molecule has 0 bridgehead atoms. The fourth-order valence-electron chi connectivity index (χ4n) is 2.85. The maximum Gasteiger partial charge on any atom is 0.333 e. The normalized spacial score (nSPS) is 10.9. The molecule has 2 N–H and O–H groups in total. The number of nitrogens with zero attached hydrogens (tertiary/aromatic N) is 6. The van der Waals surface area contributed by atoms with Gasteiger partial charge in [0.2, 0.25) is 0 Å². The van der Waals surface area contributed by atoms with Gasteiger partial charge in [0.15, 0.2) is 5.65 Å². The van der Waals surface area contributed by atoms with E-state index in [1.165, 1.54) is 0 Å². The number of phenols is 1. The number of aromatic hydroxyl groups is 1. The van der Waals surface area contributed by atoms with E-state index in [1.54, 1.807) is 41.3 Å². The van der Waals surface area contributed by atoms with Gasteiger partial charge in [-0.15, -0.1) is 0 Å². The first-order chi connectivity index (χ1) is 14.5. The first kappa shape index (κ1) is 19.6. The number of hydrogen-bond acceptors (Lipinski definition) is 7. The number of aromatic nitrogens is 5. The molecule has 0 aliphatic rings. The van der Waals surface area contributed by atoms with Gasteiger partial charge < -0.3 is 10.4 Å². The van der Waals surface area contributed by atoms with Gasteiger partial charge in [-0.25, -0.2) is 19.1 Å². The molecule has 2 amide bonds. The summed E-state index contributed by atoms with van der Waals surface area (Å²) in [4.78, 5) is 25.4. The summed E-state index contributed by atoms with van der Waals surface area (Å²) in [5.74, 6) is 0.580. The van der Waals surface area contributed by atoms with Crippen LogP contribution in [0.2, 0.25) is 0 Å². The van der Waals surface area contributed by atoms with Gasteiger partial charge in [-0.1, -0.05) is 24.9 Å². The van der Waals surface area contributed by atoms with Crippen LogP contribution in [0.3, 0.4) is 0 Å². The molecule has 0 fully saturated rings. The fraction of sp³-hybridized carbons (Fsp3) is 0.150. The van der Waals surface area contributed by atoms with E-state index in [1.807, 2.05) is 25.3 Å². The number of phenolic OH excluding ortho intramolecular Hbond substituents is 1. The molecule has 30 heavy (non-hydrogen) atoms. The van der Waals surface area contributed by atoms with Crippen molar-refractivity contribution in [3.8, 4) is 17.0 Å². The molecule has 0 atom stereocenters. The van der Waals surface area contributed by atoms with E-state index in [9.17, 15) is 9.90 Å². The standard InChI is InChI=1S/C20H19N7O2S/c1-2-21-20(29)27(30)18-8-7-16-19(25-18)24-17(10-22-16)14-9-23-26(12-14)11-13-3-5-15(28)6-4-13/h3-10,12,28,30H,2,11H2,1H3,(H,21,29). The first-order valence-corrected chi connectivity index (χ1v) is 9.65. The third kappa shape index (κ3) is 4.18. The number of amides is 2. The fourth-order valence-corrected chi connectivity index (χ4v) is 3.03. The summed E-state index contributed by atoms with van der Waals surface area (Å²) in [5, 5.41) is 16.4. The van der Waals surface area contributed by atoms with E-state index >= 15 is 0 Å². The van der Waals surface area contributed by atoms with Gasteiger partial charge in [0.05, 0.1) is 24.6 Å². The first-order valence-electron chi connectivity index (χ1n) is 9.25. The van der Waals surface area contributed by atoms with Gasteiger partial charge in [0.25, 0.3) is 0 Å². The van der Waals surface area contributed by atoms with Crippen molar-refractivity contribution < 1.29 is 9.90 Å². The number of carbonyl (C=O) groups is 1. The summed E-state index contributed by atoms with van der Waals surface area (Å²) in [6.07, 6.45) is 5.24. The molecule has 10 heteroatoms. The maximum absolute atomic E-state index is 12.0. The van der Waals surface area contributed by atoms with Crippen LogP contribution in [-0.4, -0.2) is 42.4 Å². The molecule has 3 aromatic heterocycles. The van der Waals surface area contributed by atoms with E-state index in [4.69, 9.17) is 0 Å². The molecule has 9 nitrogen and oxygen atoms in total. The van der Waals surface area contributed by atoms with Crippen LogP contribution in [0.1, 0.15) is 12.5 Å². The highest BCUT2D eigenvalue weighted by Crippen LogP contribution is 2.21. The Kier molecular flexibility index (Phi) is 5.48. The SMILES string of the molecule is CCNC(=O)N(S)c1ccc2ncc(-c3cnn(Cc4ccc(O)cc4)c3)nc2n1. The Bertz CT molecular complexity index is 1190. The molecule has 0 radical (unpaired) electrons. The summed E-state index contributed by atoms with van der Waals surface area (Å²) < 4.78 is 2.91. The van der Waals surface area contributed by atoms with Crippen molar-refractivity contribution in [1.82, 2.24) is 30.0 Å². The van der Waals surface area contributed by atoms with Gasteiger partial charge in [0, 0.05) is 18.3 Å².